The summed E-state index contributed by atoms with van der Waals surface area (Å²) in [5.41, 5.74) is 0. The number of rotatable bonds is 5. The number of carbonyl (C=O) groups is 2. The van der Waals surface area contributed by atoms with Crippen LogP contribution in [-0.4, -0.2) is 36.3 Å². The number of nitrogens with zero attached hydrogens (tertiary/aromatic N) is 1. The minimum absolute atomic E-state index is 0.00512. The Hall–Kier alpha value is -1.06. The minimum atomic E-state index is 0.00512. The molecule has 1 fully saturated rings. The predicted octanol–water partition coefficient (Wildman–Crippen LogP) is 2.19. The molecule has 0 bridgehead atoms. The number of unbranched alkanes of at least 4 members (excludes halogenated alkanes) is 2. The number of nitrogens with one attached hydrogen (secondary N) is 1. The van der Waals surface area contributed by atoms with Gasteiger partial charge in [0.05, 0.1) is 5.92 Å². The zero-order valence-corrected chi connectivity index (χ0v) is 12.3. The zero-order chi connectivity index (χ0) is 14.0. The van der Waals surface area contributed by atoms with Gasteiger partial charge >= 0.3 is 0 Å². The number of likely N-dealkylation sites (tertiary alicyclic amines) is 1. The highest BCUT2D eigenvalue weighted by Gasteiger charge is 2.29. The minimum Gasteiger partial charge on any atom is -0.356 e. The van der Waals surface area contributed by atoms with E-state index in [0.29, 0.717) is 6.54 Å². The quantitative estimate of drug-likeness (QED) is 0.767. The number of hydrogen-bond donors (Lipinski definition) is 1. The van der Waals surface area contributed by atoms with E-state index in [1.165, 1.54) is 0 Å². The van der Waals surface area contributed by atoms with E-state index in [1.54, 1.807) is 11.8 Å². The van der Waals surface area contributed by atoms with Crippen molar-refractivity contribution in [2.24, 2.45) is 5.92 Å². The van der Waals surface area contributed by atoms with Crippen molar-refractivity contribution in [2.75, 3.05) is 19.6 Å². The normalized spacial score (nSPS) is 18.0. The van der Waals surface area contributed by atoms with E-state index in [9.17, 15) is 9.59 Å². The summed E-state index contributed by atoms with van der Waals surface area (Å²) in [4.78, 5) is 24.6. The number of amides is 2. The van der Waals surface area contributed by atoms with Gasteiger partial charge in [-0.1, -0.05) is 33.6 Å². The summed E-state index contributed by atoms with van der Waals surface area (Å²) < 4.78 is 0. The van der Waals surface area contributed by atoms with Crippen LogP contribution < -0.4 is 5.32 Å². The molecule has 1 heterocycles. The summed E-state index contributed by atoms with van der Waals surface area (Å²) in [6.45, 7) is 9.78. The highest BCUT2D eigenvalue weighted by atomic mass is 16.2. The molecule has 0 saturated carbocycles. The first-order valence-corrected chi connectivity index (χ1v) is 7.18. The molecule has 1 aliphatic rings. The van der Waals surface area contributed by atoms with Crippen molar-refractivity contribution in [3.05, 3.63) is 0 Å². The summed E-state index contributed by atoms with van der Waals surface area (Å²) in [5, 5.41) is 2.94. The maximum absolute atomic E-state index is 11.7. The molecule has 1 unspecified atom stereocenters. The first-order chi connectivity index (χ1) is 8.65. The first kappa shape index (κ1) is 16.9. The zero-order valence-electron chi connectivity index (χ0n) is 12.3. The molecule has 0 spiro atoms. The molecule has 1 N–H and O–H groups in total. The number of carbonyl (C=O) groups excluding carboxylic acids is 2. The molecule has 0 aromatic heterocycles. The van der Waals surface area contributed by atoms with Crippen molar-refractivity contribution in [1.82, 2.24) is 10.2 Å². The van der Waals surface area contributed by atoms with Gasteiger partial charge in [-0.25, -0.2) is 0 Å². The van der Waals surface area contributed by atoms with Gasteiger partial charge in [-0.3, -0.25) is 9.59 Å². The maximum atomic E-state index is 11.7. The van der Waals surface area contributed by atoms with E-state index in [1.807, 2.05) is 13.8 Å². The molecular formula is C14H28N2O2. The van der Waals surface area contributed by atoms with Crippen LogP contribution in [0.15, 0.2) is 0 Å². The standard InChI is InChI=1S/C12H22N2O2.C2H6/c1-3-4-5-7-13-12(16)11-6-8-14(9-11)10(2)15;1-2/h11H,3-9H2,1-2H3,(H,13,16);1-2H3. The van der Waals surface area contributed by atoms with Gasteiger partial charge in [0.2, 0.25) is 11.8 Å². The third-order valence-electron chi connectivity index (χ3n) is 3.08. The van der Waals surface area contributed by atoms with Gasteiger partial charge < -0.3 is 10.2 Å². The van der Waals surface area contributed by atoms with Crippen molar-refractivity contribution < 1.29 is 9.59 Å². The summed E-state index contributed by atoms with van der Waals surface area (Å²) >= 11 is 0. The van der Waals surface area contributed by atoms with Crippen molar-refractivity contribution in [2.45, 2.75) is 53.4 Å². The van der Waals surface area contributed by atoms with Crippen LogP contribution >= 0.6 is 0 Å². The largest absolute Gasteiger partial charge is 0.356 e. The summed E-state index contributed by atoms with van der Waals surface area (Å²) in [5.74, 6) is 0.187. The molecule has 0 aromatic rings. The molecule has 1 rings (SSSR count). The Bertz CT molecular complexity index is 254. The fraction of sp³-hybridized carbons (Fsp3) is 0.857. The monoisotopic (exact) mass is 256 g/mol. The molecule has 4 nitrogen and oxygen atoms in total. The van der Waals surface area contributed by atoms with Gasteiger partial charge in [0, 0.05) is 26.6 Å². The van der Waals surface area contributed by atoms with Gasteiger partial charge in [-0.15, -0.1) is 0 Å². The average molecular weight is 256 g/mol. The molecular weight excluding hydrogens is 228 g/mol. The average Bonchev–Trinajstić information content (AvgIpc) is 2.86. The van der Waals surface area contributed by atoms with Gasteiger partial charge in [0.1, 0.15) is 0 Å². The second kappa shape index (κ2) is 9.92. The number of hydrogen-bond acceptors (Lipinski definition) is 2. The van der Waals surface area contributed by atoms with Crippen LogP contribution in [0.1, 0.15) is 53.4 Å². The molecule has 4 heteroatoms. The van der Waals surface area contributed by atoms with Crippen molar-refractivity contribution >= 4 is 11.8 Å². The lowest BCUT2D eigenvalue weighted by Gasteiger charge is -2.13. The van der Waals surface area contributed by atoms with Crippen molar-refractivity contribution in [3.8, 4) is 0 Å². The van der Waals surface area contributed by atoms with E-state index < -0.39 is 0 Å². The van der Waals surface area contributed by atoms with Crippen molar-refractivity contribution in [1.29, 1.82) is 0 Å². The molecule has 0 radical (unpaired) electrons. The molecule has 2 amide bonds. The van der Waals surface area contributed by atoms with Gasteiger partial charge in [0.25, 0.3) is 0 Å². The highest BCUT2D eigenvalue weighted by Crippen LogP contribution is 2.16. The topological polar surface area (TPSA) is 49.4 Å². The maximum Gasteiger partial charge on any atom is 0.224 e. The fourth-order valence-electron chi connectivity index (χ4n) is 1.99. The lowest BCUT2D eigenvalue weighted by Crippen LogP contribution is -2.34. The van der Waals surface area contributed by atoms with Crippen LogP contribution in [0, 0.1) is 5.92 Å². The van der Waals surface area contributed by atoms with Crippen LogP contribution in [0.2, 0.25) is 0 Å². The van der Waals surface area contributed by atoms with Crippen LogP contribution in [0.4, 0.5) is 0 Å². The van der Waals surface area contributed by atoms with Crippen LogP contribution in [-0.2, 0) is 9.59 Å². The Morgan fingerprint density at radius 3 is 2.44 bits per heavy atom. The van der Waals surface area contributed by atoms with E-state index in [4.69, 9.17) is 0 Å². The summed E-state index contributed by atoms with van der Waals surface area (Å²) in [7, 11) is 0. The van der Waals surface area contributed by atoms with E-state index >= 15 is 0 Å². The molecule has 0 aliphatic carbocycles. The first-order valence-electron chi connectivity index (χ1n) is 7.18. The molecule has 1 saturated heterocycles. The van der Waals surface area contributed by atoms with Crippen LogP contribution in [0.25, 0.3) is 0 Å². The van der Waals surface area contributed by atoms with Gasteiger partial charge in [-0.05, 0) is 12.8 Å². The molecule has 0 aromatic carbocycles. The summed E-state index contributed by atoms with van der Waals surface area (Å²) in [6, 6.07) is 0. The van der Waals surface area contributed by atoms with Crippen molar-refractivity contribution in [3.63, 3.8) is 0 Å². The highest BCUT2D eigenvalue weighted by molar-refractivity contribution is 5.81. The SMILES string of the molecule is CC.CCCCCNC(=O)C1CCN(C(C)=O)C1. The fourth-order valence-corrected chi connectivity index (χ4v) is 1.99. The second-order valence-electron chi connectivity index (χ2n) is 4.45. The Balaban J connectivity index is 0.00000137. The molecule has 106 valence electrons. The van der Waals surface area contributed by atoms with E-state index in [2.05, 4.69) is 12.2 Å². The predicted molar refractivity (Wildman–Crippen MR) is 74.2 cm³/mol. The third kappa shape index (κ3) is 6.03. The smallest absolute Gasteiger partial charge is 0.224 e. The van der Waals surface area contributed by atoms with E-state index in [-0.39, 0.29) is 17.7 Å². The lowest BCUT2D eigenvalue weighted by atomic mass is 10.1. The molecule has 1 atom stereocenters. The lowest BCUT2D eigenvalue weighted by molar-refractivity contribution is -0.128. The Labute approximate surface area is 111 Å². The van der Waals surface area contributed by atoms with Crippen LogP contribution in [0.5, 0.6) is 0 Å². The van der Waals surface area contributed by atoms with Gasteiger partial charge in [-0.2, -0.15) is 0 Å². The summed E-state index contributed by atoms with van der Waals surface area (Å²) in [6.07, 6.45) is 4.17. The Morgan fingerprint density at radius 1 is 1.28 bits per heavy atom. The Kier molecular flexibility index (Phi) is 9.33. The Morgan fingerprint density at radius 2 is 1.94 bits per heavy atom. The third-order valence-corrected chi connectivity index (χ3v) is 3.08. The second-order valence-corrected chi connectivity index (χ2v) is 4.45. The molecule has 1 aliphatic heterocycles. The van der Waals surface area contributed by atoms with E-state index in [0.717, 1.165) is 38.8 Å². The van der Waals surface area contributed by atoms with Crippen LogP contribution in [0.3, 0.4) is 0 Å². The molecule has 18 heavy (non-hydrogen) atoms. The van der Waals surface area contributed by atoms with Gasteiger partial charge in [0.15, 0.2) is 0 Å².